The largest absolute Gasteiger partial charge is 0.394 e. The van der Waals surface area contributed by atoms with Crippen LogP contribution in [0, 0.1) is 5.92 Å². The van der Waals surface area contributed by atoms with Crippen molar-refractivity contribution in [2.75, 3.05) is 39.3 Å². The molecule has 1 aliphatic carbocycles. The van der Waals surface area contributed by atoms with E-state index in [-0.39, 0.29) is 19.5 Å². The highest BCUT2D eigenvalue weighted by Gasteiger charge is 2.54. The highest BCUT2D eigenvalue weighted by Crippen LogP contribution is 2.34. The van der Waals surface area contributed by atoms with Crippen LogP contribution in [0.2, 0.25) is 0 Å². The van der Waals surface area contributed by atoms with Crippen molar-refractivity contribution in [2.45, 2.75) is 142 Å². The number of hydrogen-bond donors (Lipinski definition) is 14. The number of ether oxygens (including phenoxy) is 6. The molecule has 0 unspecified atom stereocenters. The minimum atomic E-state index is -1.60. The van der Waals surface area contributed by atoms with Crippen LogP contribution in [-0.4, -0.2) is 191 Å². The van der Waals surface area contributed by atoms with E-state index in [2.05, 4.69) is 10.6 Å². The lowest BCUT2D eigenvalue weighted by Gasteiger charge is -2.47. The Kier molecular flexibility index (Phi) is 14.6. The lowest BCUT2D eigenvalue weighted by molar-refractivity contribution is -0.307. The van der Waals surface area contributed by atoms with E-state index >= 15 is 0 Å². The SMILES string of the molecule is NC[C@@H]1O[C@H](O[C@H]2[C@@H](O)[C@H](O[C@@H]3[C@@H](O)[C@H](N)C[C@H](N)[C@H]3O[C@H]3O[C@H](CNCCC4CCNCC4)[C@@H](O)[C@H](O)[C@H]3N)O[C@@H]2CO)[C@H](N)[C@@H](O)[C@@H]1O. The number of piperidine rings is 1. The van der Waals surface area contributed by atoms with Gasteiger partial charge in [0.2, 0.25) is 0 Å². The summed E-state index contributed by atoms with van der Waals surface area (Å²) in [5.41, 5.74) is 30.6. The zero-order chi connectivity index (χ0) is 36.3. The molecular weight excluding hydrogens is 666 g/mol. The van der Waals surface area contributed by atoms with Crippen LogP contribution < -0.4 is 39.3 Å². The fourth-order valence-electron chi connectivity index (χ4n) is 7.44. The van der Waals surface area contributed by atoms with Gasteiger partial charge in [0.1, 0.15) is 67.1 Å². The summed E-state index contributed by atoms with van der Waals surface area (Å²) in [6.45, 7) is 2.08. The third-order valence-electron chi connectivity index (χ3n) is 10.7. The summed E-state index contributed by atoms with van der Waals surface area (Å²) in [7, 11) is 0. The second-order valence-electron chi connectivity index (χ2n) is 14.2. The van der Waals surface area contributed by atoms with Crippen molar-refractivity contribution in [1.82, 2.24) is 10.6 Å². The van der Waals surface area contributed by atoms with E-state index in [1.807, 2.05) is 0 Å². The average Bonchev–Trinajstić information content (AvgIpc) is 3.41. The predicted molar refractivity (Wildman–Crippen MR) is 172 cm³/mol. The molecule has 4 aliphatic heterocycles. The number of hydrogen-bond acceptors (Lipinski definition) is 20. The van der Waals surface area contributed by atoms with Gasteiger partial charge in [0.15, 0.2) is 18.9 Å². The maximum absolute atomic E-state index is 11.3. The molecule has 4 saturated heterocycles. The average molecular weight is 726 g/mol. The number of nitrogens with two attached hydrogens (primary N) is 5. The van der Waals surface area contributed by atoms with Crippen molar-refractivity contribution in [3.63, 3.8) is 0 Å². The van der Waals surface area contributed by atoms with Crippen LogP contribution in [0.5, 0.6) is 0 Å². The van der Waals surface area contributed by atoms with E-state index in [0.717, 1.165) is 32.4 Å². The quantitative estimate of drug-likeness (QED) is 0.0784. The Morgan fingerprint density at radius 1 is 0.640 bits per heavy atom. The van der Waals surface area contributed by atoms with Gasteiger partial charge < -0.3 is 103 Å². The van der Waals surface area contributed by atoms with E-state index in [9.17, 15) is 35.7 Å². The van der Waals surface area contributed by atoms with Gasteiger partial charge in [-0.05, 0) is 51.2 Å². The van der Waals surface area contributed by atoms with E-state index in [4.69, 9.17) is 57.1 Å². The van der Waals surface area contributed by atoms with Gasteiger partial charge in [0, 0.05) is 25.2 Å². The molecule has 5 fully saturated rings. The second-order valence-corrected chi connectivity index (χ2v) is 14.2. The fraction of sp³-hybridized carbons (Fsp3) is 1.00. The molecule has 0 spiro atoms. The molecule has 0 aromatic rings. The third kappa shape index (κ3) is 8.93. The van der Waals surface area contributed by atoms with Gasteiger partial charge in [-0.2, -0.15) is 0 Å². The van der Waals surface area contributed by atoms with Crippen LogP contribution >= 0.6 is 0 Å². The molecule has 4 heterocycles. The first-order valence-corrected chi connectivity index (χ1v) is 17.6. The molecule has 0 aromatic carbocycles. The fourth-order valence-corrected chi connectivity index (χ4v) is 7.44. The number of rotatable bonds is 13. The van der Waals surface area contributed by atoms with Crippen LogP contribution in [0.15, 0.2) is 0 Å². The lowest BCUT2D eigenvalue weighted by Crippen LogP contribution is -2.68. The first-order chi connectivity index (χ1) is 23.9. The van der Waals surface area contributed by atoms with Gasteiger partial charge in [0.25, 0.3) is 0 Å². The maximum atomic E-state index is 11.3. The highest BCUT2D eigenvalue weighted by atomic mass is 16.8. The molecule has 5 rings (SSSR count). The highest BCUT2D eigenvalue weighted by molar-refractivity contribution is 5.02. The molecule has 0 bridgehead atoms. The Bertz CT molecular complexity index is 1040. The third-order valence-corrected chi connectivity index (χ3v) is 10.7. The molecule has 0 radical (unpaired) electrons. The Labute approximate surface area is 290 Å². The van der Waals surface area contributed by atoms with Crippen LogP contribution in [0.25, 0.3) is 0 Å². The topological polar surface area (TPSA) is 351 Å². The lowest BCUT2D eigenvalue weighted by atomic mass is 9.84. The minimum Gasteiger partial charge on any atom is -0.394 e. The van der Waals surface area contributed by atoms with Crippen molar-refractivity contribution in [3.8, 4) is 0 Å². The standard InChI is InChI=1S/C30H59N7O13/c31-8-14-20(40)22(42)17(34)28(45-14)49-26-16(10-38)47-30(24(26)44)50-27-19(39)12(32)7-13(33)25(27)48-29-18(35)23(43)21(41)15(46-29)9-37-6-3-11-1-4-36-5-2-11/h11-30,36-44H,1-10,31-35H2/t12-,13+,14+,15-,16-,17-,18-,19+,20-,21-,22-,23-,24-,25-,26-,27-,28-,29-,30+/m1/s1. The summed E-state index contributed by atoms with van der Waals surface area (Å²) in [4.78, 5) is 0. The van der Waals surface area contributed by atoms with Crippen LogP contribution in [0.1, 0.15) is 25.7 Å². The molecule has 5 aliphatic rings. The number of aliphatic hydroxyl groups is 7. The molecule has 0 aromatic heterocycles. The van der Waals surface area contributed by atoms with Gasteiger partial charge in [-0.15, -0.1) is 0 Å². The summed E-state index contributed by atoms with van der Waals surface area (Å²) in [5, 5.41) is 81.3. The van der Waals surface area contributed by atoms with Crippen molar-refractivity contribution < 1.29 is 64.2 Å². The van der Waals surface area contributed by atoms with E-state index in [0.29, 0.717) is 12.5 Å². The van der Waals surface area contributed by atoms with Crippen LogP contribution in [0.4, 0.5) is 0 Å². The zero-order valence-electron chi connectivity index (χ0n) is 28.1. The van der Waals surface area contributed by atoms with Crippen molar-refractivity contribution in [2.24, 2.45) is 34.6 Å². The predicted octanol–water partition coefficient (Wildman–Crippen LogP) is -7.87. The molecule has 20 nitrogen and oxygen atoms in total. The molecule has 0 amide bonds. The summed E-state index contributed by atoms with van der Waals surface area (Å²) in [6.07, 6.45) is -16.3. The van der Waals surface area contributed by atoms with E-state index in [1.165, 1.54) is 0 Å². The Balaban J connectivity index is 1.24. The van der Waals surface area contributed by atoms with Gasteiger partial charge in [0.05, 0.1) is 24.8 Å². The Hall–Kier alpha value is -0.800. The summed E-state index contributed by atoms with van der Waals surface area (Å²) in [6, 6.07) is -4.15. The van der Waals surface area contributed by atoms with E-state index < -0.39 is 123 Å². The summed E-state index contributed by atoms with van der Waals surface area (Å²) >= 11 is 0. The Morgan fingerprint density at radius 2 is 1.20 bits per heavy atom. The molecule has 1 saturated carbocycles. The van der Waals surface area contributed by atoms with Crippen LogP contribution in [-0.2, 0) is 28.4 Å². The van der Waals surface area contributed by atoms with Crippen molar-refractivity contribution >= 4 is 0 Å². The summed E-state index contributed by atoms with van der Waals surface area (Å²) in [5.74, 6) is 0.596. The number of nitrogens with one attached hydrogen (secondary N) is 2. The van der Waals surface area contributed by atoms with Crippen molar-refractivity contribution in [1.29, 1.82) is 0 Å². The first kappa shape index (κ1) is 40.4. The number of aliphatic hydroxyl groups excluding tert-OH is 7. The van der Waals surface area contributed by atoms with Gasteiger partial charge in [-0.3, -0.25) is 0 Å². The second kappa shape index (κ2) is 18.0. The van der Waals surface area contributed by atoms with E-state index in [1.54, 1.807) is 0 Å². The van der Waals surface area contributed by atoms with Gasteiger partial charge >= 0.3 is 0 Å². The molecule has 19 N–H and O–H groups in total. The normalized spacial score (nSPS) is 49.3. The zero-order valence-corrected chi connectivity index (χ0v) is 28.1. The molecule has 292 valence electrons. The van der Waals surface area contributed by atoms with Gasteiger partial charge in [-0.1, -0.05) is 0 Å². The molecule has 19 atom stereocenters. The molecule has 50 heavy (non-hydrogen) atoms. The van der Waals surface area contributed by atoms with Crippen molar-refractivity contribution in [3.05, 3.63) is 0 Å². The maximum Gasteiger partial charge on any atom is 0.187 e. The monoisotopic (exact) mass is 725 g/mol. The molecular formula is C30H59N7O13. The smallest absolute Gasteiger partial charge is 0.187 e. The van der Waals surface area contributed by atoms with Crippen LogP contribution in [0.3, 0.4) is 0 Å². The minimum absolute atomic E-state index is 0.104. The first-order valence-electron chi connectivity index (χ1n) is 17.6. The van der Waals surface area contributed by atoms with Gasteiger partial charge in [-0.25, -0.2) is 0 Å². The Morgan fingerprint density at radius 3 is 1.82 bits per heavy atom. The molecule has 20 heteroatoms. The summed E-state index contributed by atoms with van der Waals surface area (Å²) < 4.78 is 35.6.